The van der Waals surface area contributed by atoms with E-state index in [0.29, 0.717) is 17.0 Å². The number of rotatable bonds is 6. The molecule has 1 atom stereocenters. The van der Waals surface area contributed by atoms with E-state index in [0.717, 1.165) is 29.6 Å². The highest BCUT2D eigenvalue weighted by atomic mass is 19.1. The maximum absolute atomic E-state index is 14.2. The Morgan fingerprint density at radius 3 is 2.67 bits per heavy atom. The molecule has 3 aromatic rings. The summed E-state index contributed by atoms with van der Waals surface area (Å²) in [6, 6.07) is 14.6. The van der Waals surface area contributed by atoms with Crippen LogP contribution in [-0.2, 0) is 4.79 Å². The fraction of sp³-hybridized carbons (Fsp3) is 0.333. The molecule has 156 valence electrons. The summed E-state index contributed by atoms with van der Waals surface area (Å²) in [7, 11) is 1.56. The summed E-state index contributed by atoms with van der Waals surface area (Å²) < 4.78 is 19.8. The van der Waals surface area contributed by atoms with Gasteiger partial charge in [0.2, 0.25) is 11.8 Å². The molecule has 1 saturated heterocycles. The standard InChI is InChI=1S/C24H26FN3O2/c1-14(2)22(23(29)27-17-12-26-13-17)18-9-10-21(28-24(18)30-3)16-8-7-15-5-4-6-20(25)19(15)11-16/h4-11,14,17,22,26H,12-13H2,1-3H3,(H,27,29). The van der Waals surface area contributed by atoms with Gasteiger partial charge in [-0.1, -0.05) is 44.2 Å². The molecular weight excluding hydrogens is 381 g/mol. The van der Waals surface area contributed by atoms with Crippen molar-refractivity contribution in [1.29, 1.82) is 0 Å². The van der Waals surface area contributed by atoms with Crippen LogP contribution in [0.2, 0.25) is 0 Å². The quantitative estimate of drug-likeness (QED) is 0.651. The molecule has 6 heteroatoms. The molecule has 1 unspecified atom stereocenters. The van der Waals surface area contributed by atoms with Crippen LogP contribution < -0.4 is 15.4 Å². The van der Waals surface area contributed by atoms with Crippen LogP contribution in [0.25, 0.3) is 22.0 Å². The number of amides is 1. The van der Waals surface area contributed by atoms with Gasteiger partial charge in [0, 0.05) is 29.6 Å². The Hall–Kier alpha value is -2.99. The predicted molar refractivity (Wildman–Crippen MR) is 116 cm³/mol. The van der Waals surface area contributed by atoms with Crippen molar-refractivity contribution < 1.29 is 13.9 Å². The Morgan fingerprint density at radius 2 is 2.00 bits per heavy atom. The normalized spacial score (nSPS) is 15.1. The molecule has 2 heterocycles. The zero-order valence-electron chi connectivity index (χ0n) is 17.4. The van der Waals surface area contributed by atoms with Crippen LogP contribution in [-0.4, -0.2) is 37.1 Å². The Morgan fingerprint density at radius 1 is 1.20 bits per heavy atom. The number of pyridine rings is 1. The number of halogens is 1. The lowest BCUT2D eigenvalue weighted by atomic mass is 9.87. The summed E-state index contributed by atoms with van der Waals surface area (Å²) in [5.74, 6) is -0.149. The van der Waals surface area contributed by atoms with Crippen LogP contribution in [0.15, 0.2) is 48.5 Å². The minimum absolute atomic E-state index is 0.0165. The molecule has 1 fully saturated rings. The topological polar surface area (TPSA) is 63.2 Å². The van der Waals surface area contributed by atoms with Crippen molar-refractivity contribution in [3.8, 4) is 17.1 Å². The third-order valence-corrected chi connectivity index (χ3v) is 5.62. The van der Waals surface area contributed by atoms with Gasteiger partial charge in [0.15, 0.2) is 0 Å². The third kappa shape index (κ3) is 3.87. The number of nitrogens with zero attached hydrogens (tertiary/aromatic N) is 1. The number of nitrogens with one attached hydrogen (secondary N) is 2. The number of methoxy groups -OCH3 is 1. The van der Waals surface area contributed by atoms with Gasteiger partial charge in [-0.25, -0.2) is 9.37 Å². The summed E-state index contributed by atoms with van der Waals surface area (Å²) in [5, 5.41) is 7.64. The van der Waals surface area contributed by atoms with E-state index >= 15 is 0 Å². The second-order valence-electron chi connectivity index (χ2n) is 8.06. The maximum atomic E-state index is 14.2. The first kappa shape index (κ1) is 20.3. The minimum atomic E-state index is -0.365. The number of hydrogen-bond donors (Lipinski definition) is 2. The fourth-order valence-electron chi connectivity index (χ4n) is 3.89. The van der Waals surface area contributed by atoms with Gasteiger partial charge >= 0.3 is 0 Å². The average Bonchev–Trinajstić information content (AvgIpc) is 2.71. The highest BCUT2D eigenvalue weighted by molar-refractivity contribution is 5.88. The zero-order chi connectivity index (χ0) is 21.3. The predicted octanol–water partition coefficient (Wildman–Crippen LogP) is 3.88. The lowest BCUT2D eigenvalue weighted by molar-refractivity contribution is -0.124. The van der Waals surface area contributed by atoms with E-state index in [1.54, 1.807) is 19.2 Å². The molecule has 0 bridgehead atoms. The van der Waals surface area contributed by atoms with E-state index < -0.39 is 0 Å². The number of ether oxygens (including phenoxy) is 1. The SMILES string of the molecule is COc1nc(-c2ccc3cccc(F)c3c2)ccc1C(C(=O)NC1CNC1)C(C)C. The van der Waals surface area contributed by atoms with Crippen molar-refractivity contribution in [2.24, 2.45) is 5.92 Å². The van der Waals surface area contributed by atoms with Gasteiger partial charge in [-0.05, 0) is 29.5 Å². The van der Waals surface area contributed by atoms with Crippen molar-refractivity contribution in [1.82, 2.24) is 15.6 Å². The molecule has 0 radical (unpaired) electrons. The van der Waals surface area contributed by atoms with Crippen LogP contribution in [0.5, 0.6) is 5.88 Å². The molecule has 0 saturated carbocycles. The Kier molecular flexibility index (Phi) is 5.68. The molecule has 1 amide bonds. The molecule has 2 N–H and O–H groups in total. The second-order valence-corrected chi connectivity index (χ2v) is 8.06. The van der Waals surface area contributed by atoms with Crippen molar-refractivity contribution in [3.05, 3.63) is 59.9 Å². The van der Waals surface area contributed by atoms with Crippen LogP contribution >= 0.6 is 0 Å². The lowest BCUT2D eigenvalue weighted by Gasteiger charge is -2.31. The van der Waals surface area contributed by atoms with Crippen LogP contribution in [0.1, 0.15) is 25.3 Å². The number of carbonyl (C=O) groups is 1. The molecule has 1 aliphatic heterocycles. The van der Waals surface area contributed by atoms with Crippen molar-refractivity contribution >= 4 is 16.7 Å². The molecule has 0 spiro atoms. The Labute approximate surface area is 175 Å². The maximum Gasteiger partial charge on any atom is 0.228 e. The lowest BCUT2D eigenvalue weighted by Crippen LogP contribution is -2.57. The Balaban J connectivity index is 1.70. The summed E-state index contributed by atoms with van der Waals surface area (Å²) >= 11 is 0. The molecule has 5 nitrogen and oxygen atoms in total. The molecule has 2 aromatic carbocycles. The number of carbonyl (C=O) groups excluding carboxylic acids is 1. The largest absolute Gasteiger partial charge is 0.481 e. The van der Waals surface area contributed by atoms with Gasteiger partial charge in [-0.15, -0.1) is 0 Å². The number of aromatic nitrogens is 1. The van der Waals surface area contributed by atoms with Crippen molar-refractivity contribution in [2.45, 2.75) is 25.8 Å². The highest BCUT2D eigenvalue weighted by Gasteiger charge is 2.31. The average molecular weight is 407 g/mol. The molecular formula is C24H26FN3O2. The minimum Gasteiger partial charge on any atom is -0.481 e. The fourth-order valence-corrected chi connectivity index (χ4v) is 3.89. The van der Waals surface area contributed by atoms with Gasteiger partial charge in [0.25, 0.3) is 0 Å². The summed E-state index contributed by atoms with van der Waals surface area (Å²) in [4.78, 5) is 17.6. The first-order chi connectivity index (χ1) is 14.5. The van der Waals surface area contributed by atoms with Crippen LogP contribution in [0.4, 0.5) is 4.39 Å². The summed E-state index contributed by atoms with van der Waals surface area (Å²) in [5.41, 5.74) is 2.23. The number of fused-ring (bicyclic) bond motifs is 1. The van der Waals surface area contributed by atoms with Gasteiger partial charge in [-0.2, -0.15) is 0 Å². The molecule has 0 aliphatic carbocycles. The van der Waals surface area contributed by atoms with E-state index in [4.69, 9.17) is 4.74 Å². The molecule has 30 heavy (non-hydrogen) atoms. The van der Waals surface area contributed by atoms with E-state index in [1.807, 2.05) is 44.2 Å². The summed E-state index contributed by atoms with van der Waals surface area (Å²) in [6.45, 7) is 5.62. The molecule has 1 aliphatic rings. The van der Waals surface area contributed by atoms with Gasteiger partial charge in [0.1, 0.15) is 5.82 Å². The first-order valence-corrected chi connectivity index (χ1v) is 10.2. The van der Waals surface area contributed by atoms with E-state index in [9.17, 15) is 9.18 Å². The first-order valence-electron chi connectivity index (χ1n) is 10.2. The second kappa shape index (κ2) is 8.40. The van der Waals surface area contributed by atoms with Crippen LogP contribution in [0, 0.1) is 11.7 Å². The molecule has 1 aromatic heterocycles. The van der Waals surface area contributed by atoms with E-state index in [1.165, 1.54) is 6.07 Å². The van der Waals surface area contributed by atoms with Crippen LogP contribution in [0.3, 0.4) is 0 Å². The Bertz CT molecular complexity index is 1080. The van der Waals surface area contributed by atoms with Gasteiger partial charge in [-0.3, -0.25) is 4.79 Å². The number of benzene rings is 2. The molecule has 4 rings (SSSR count). The highest BCUT2D eigenvalue weighted by Crippen LogP contribution is 2.34. The number of hydrogen-bond acceptors (Lipinski definition) is 4. The summed E-state index contributed by atoms with van der Waals surface area (Å²) in [6.07, 6.45) is 0. The van der Waals surface area contributed by atoms with E-state index in [2.05, 4.69) is 15.6 Å². The van der Waals surface area contributed by atoms with Crippen molar-refractivity contribution in [2.75, 3.05) is 20.2 Å². The van der Waals surface area contributed by atoms with E-state index in [-0.39, 0.29) is 29.6 Å². The van der Waals surface area contributed by atoms with Gasteiger partial charge < -0.3 is 15.4 Å². The van der Waals surface area contributed by atoms with Crippen molar-refractivity contribution in [3.63, 3.8) is 0 Å². The van der Waals surface area contributed by atoms with Gasteiger partial charge in [0.05, 0.1) is 24.8 Å². The zero-order valence-corrected chi connectivity index (χ0v) is 17.4. The third-order valence-electron chi connectivity index (χ3n) is 5.62. The smallest absolute Gasteiger partial charge is 0.228 e. The monoisotopic (exact) mass is 407 g/mol.